The number of nitrogens with one attached hydrogen (secondary N) is 1. The van der Waals surface area contributed by atoms with E-state index >= 15 is 0 Å². The summed E-state index contributed by atoms with van der Waals surface area (Å²) in [6.07, 6.45) is 0. The number of hydrogen-bond acceptors (Lipinski definition) is 3. The van der Waals surface area contributed by atoms with Crippen LogP contribution in [0.25, 0.3) is 0 Å². The summed E-state index contributed by atoms with van der Waals surface area (Å²) in [5, 5.41) is 12.2. The highest BCUT2D eigenvalue weighted by Gasteiger charge is 2.12. The van der Waals surface area contributed by atoms with Crippen molar-refractivity contribution in [1.82, 2.24) is 0 Å². The van der Waals surface area contributed by atoms with Crippen LogP contribution in [-0.2, 0) is 0 Å². The highest BCUT2D eigenvalue weighted by atomic mass is 16.4. The maximum Gasteiger partial charge on any atom is 0.335 e. The quantitative estimate of drug-likeness (QED) is 0.724. The zero-order valence-corrected chi connectivity index (χ0v) is 11.2. The van der Waals surface area contributed by atoms with Crippen LogP contribution in [0.5, 0.6) is 0 Å². The molecule has 4 N–H and O–H groups in total. The Morgan fingerprint density at radius 1 is 1.44 bits per heavy atom. The van der Waals surface area contributed by atoms with Gasteiger partial charge in [0.2, 0.25) is 0 Å². The lowest BCUT2D eigenvalue weighted by molar-refractivity contribution is 0.0697. The molecular formula is C14H22N2O2. The van der Waals surface area contributed by atoms with E-state index in [0.29, 0.717) is 23.9 Å². The minimum atomic E-state index is -0.897. The molecule has 0 saturated heterocycles. The molecule has 0 radical (unpaired) electrons. The van der Waals surface area contributed by atoms with Crippen LogP contribution < -0.4 is 11.1 Å². The molecule has 4 nitrogen and oxygen atoms in total. The zero-order chi connectivity index (χ0) is 13.7. The van der Waals surface area contributed by atoms with E-state index in [0.717, 1.165) is 17.8 Å². The Morgan fingerprint density at radius 2 is 2.11 bits per heavy atom. The first kappa shape index (κ1) is 14.5. The molecule has 1 rings (SSSR count). The Labute approximate surface area is 108 Å². The normalized spacial score (nSPS) is 12.5. The molecule has 0 bridgehead atoms. The van der Waals surface area contributed by atoms with Gasteiger partial charge in [0, 0.05) is 12.2 Å². The maximum absolute atomic E-state index is 10.8. The van der Waals surface area contributed by atoms with Crippen molar-refractivity contribution in [2.75, 3.05) is 18.4 Å². The topological polar surface area (TPSA) is 75.3 Å². The van der Waals surface area contributed by atoms with Gasteiger partial charge in [-0.3, -0.25) is 0 Å². The molecule has 0 fully saturated rings. The number of aryl methyl sites for hydroxylation is 1. The first-order valence-corrected chi connectivity index (χ1v) is 6.23. The van der Waals surface area contributed by atoms with E-state index < -0.39 is 5.97 Å². The molecule has 0 saturated carbocycles. The summed E-state index contributed by atoms with van der Waals surface area (Å²) in [5.41, 5.74) is 7.95. The molecule has 0 amide bonds. The predicted molar refractivity (Wildman–Crippen MR) is 74.0 cm³/mol. The van der Waals surface area contributed by atoms with Crippen molar-refractivity contribution in [2.45, 2.75) is 20.8 Å². The van der Waals surface area contributed by atoms with Crippen LogP contribution in [0, 0.1) is 18.8 Å². The Balaban J connectivity index is 2.71. The second-order valence-corrected chi connectivity index (χ2v) is 4.96. The summed E-state index contributed by atoms with van der Waals surface area (Å²) in [4.78, 5) is 10.8. The number of nitrogens with two attached hydrogens (primary N) is 1. The minimum absolute atomic E-state index is 0.317. The van der Waals surface area contributed by atoms with Crippen LogP contribution in [0.3, 0.4) is 0 Å². The molecule has 4 heteroatoms. The summed E-state index contributed by atoms with van der Waals surface area (Å²) < 4.78 is 0. The van der Waals surface area contributed by atoms with E-state index in [4.69, 9.17) is 10.8 Å². The van der Waals surface area contributed by atoms with E-state index in [-0.39, 0.29) is 0 Å². The minimum Gasteiger partial charge on any atom is -0.478 e. The molecule has 0 aliphatic carbocycles. The fourth-order valence-electron chi connectivity index (χ4n) is 1.83. The van der Waals surface area contributed by atoms with Gasteiger partial charge >= 0.3 is 5.97 Å². The number of carbonyl (C=O) groups is 1. The number of aromatic carboxylic acids is 1. The molecule has 1 atom stereocenters. The average molecular weight is 250 g/mol. The Kier molecular flexibility index (Phi) is 5.16. The molecule has 0 spiro atoms. The van der Waals surface area contributed by atoms with Gasteiger partial charge in [0.05, 0.1) is 5.56 Å². The van der Waals surface area contributed by atoms with Gasteiger partial charge in [0.1, 0.15) is 0 Å². The van der Waals surface area contributed by atoms with Crippen molar-refractivity contribution in [3.8, 4) is 0 Å². The Hall–Kier alpha value is -1.55. The average Bonchev–Trinajstić information content (AvgIpc) is 2.30. The first-order valence-electron chi connectivity index (χ1n) is 6.23. The summed E-state index contributed by atoms with van der Waals surface area (Å²) >= 11 is 0. The van der Waals surface area contributed by atoms with Crippen LogP contribution in [0.2, 0.25) is 0 Å². The molecule has 1 aromatic carbocycles. The molecule has 0 aliphatic heterocycles. The van der Waals surface area contributed by atoms with Gasteiger partial charge in [-0.05, 0) is 49.1 Å². The van der Waals surface area contributed by atoms with Gasteiger partial charge < -0.3 is 16.2 Å². The van der Waals surface area contributed by atoms with Gasteiger partial charge in [-0.15, -0.1) is 0 Å². The van der Waals surface area contributed by atoms with E-state index in [1.54, 1.807) is 12.1 Å². The number of benzene rings is 1. The lowest BCUT2D eigenvalue weighted by Gasteiger charge is -2.20. The maximum atomic E-state index is 10.8. The number of hydrogen-bond donors (Lipinski definition) is 3. The fourth-order valence-corrected chi connectivity index (χ4v) is 1.83. The Morgan fingerprint density at radius 3 is 2.56 bits per heavy atom. The van der Waals surface area contributed by atoms with Crippen molar-refractivity contribution >= 4 is 11.7 Å². The van der Waals surface area contributed by atoms with Crippen molar-refractivity contribution in [3.05, 3.63) is 29.3 Å². The molecule has 0 heterocycles. The van der Waals surface area contributed by atoms with Crippen LogP contribution in [-0.4, -0.2) is 24.2 Å². The van der Waals surface area contributed by atoms with Gasteiger partial charge in [-0.2, -0.15) is 0 Å². The standard InChI is InChI=1S/C14H22N2O2/c1-9(2)12(7-15)8-16-13-5-4-11(14(17)18)6-10(13)3/h4-6,9,12,16H,7-8,15H2,1-3H3,(H,17,18). The molecule has 1 unspecified atom stereocenters. The van der Waals surface area contributed by atoms with E-state index in [1.165, 1.54) is 0 Å². The molecule has 0 aromatic heterocycles. The summed E-state index contributed by atoms with van der Waals surface area (Å²) in [6.45, 7) is 7.67. The molecular weight excluding hydrogens is 228 g/mol. The van der Waals surface area contributed by atoms with E-state index in [9.17, 15) is 4.79 Å². The lowest BCUT2D eigenvalue weighted by Crippen LogP contribution is -2.27. The lowest BCUT2D eigenvalue weighted by atomic mass is 9.96. The summed E-state index contributed by atoms with van der Waals surface area (Å²) in [7, 11) is 0. The highest BCUT2D eigenvalue weighted by molar-refractivity contribution is 5.88. The Bertz CT molecular complexity index is 416. The third kappa shape index (κ3) is 3.74. The number of carboxylic acid groups (broad SMARTS) is 1. The largest absolute Gasteiger partial charge is 0.478 e. The van der Waals surface area contributed by atoms with Gasteiger partial charge in [0.15, 0.2) is 0 Å². The zero-order valence-electron chi connectivity index (χ0n) is 11.2. The van der Waals surface area contributed by atoms with Crippen molar-refractivity contribution in [3.63, 3.8) is 0 Å². The smallest absolute Gasteiger partial charge is 0.335 e. The van der Waals surface area contributed by atoms with Crippen LogP contribution >= 0.6 is 0 Å². The fraction of sp³-hybridized carbons (Fsp3) is 0.500. The van der Waals surface area contributed by atoms with Gasteiger partial charge in [-0.25, -0.2) is 4.79 Å². The van der Waals surface area contributed by atoms with Gasteiger partial charge in [-0.1, -0.05) is 13.8 Å². The second-order valence-electron chi connectivity index (χ2n) is 4.96. The van der Waals surface area contributed by atoms with Crippen molar-refractivity contribution < 1.29 is 9.90 Å². The predicted octanol–water partition coefficient (Wildman–Crippen LogP) is 2.34. The molecule has 18 heavy (non-hydrogen) atoms. The van der Waals surface area contributed by atoms with Crippen LogP contribution in [0.1, 0.15) is 29.8 Å². The van der Waals surface area contributed by atoms with Crippen LogP contribution in [0.4, 0.5) is 5.69 Å². The molecule has 1 aromatic rings. The monoisotopic (exact) mass is 250 g/mol. The molecule has 0 aliphatic rings. The van der Waals surface area contributed by atoms with E-state index in [2.05, 4.69) is 19.2 Å². The third-order valence-electron chi connectivity index (χ3n) is 3.27. The first-order chi connectivity index (χ1) is 8.45. The SMILES string of the molecule is Cc1cc(C(=O)O)ccc1NCC(CN)C(C)C. The highest BCUT2D eigenvalue weighted by Crippen LogP contribution is 2.18. The number of anilines is 1. The third-order valence-corrected chi connectivity index (χ3v) is 3.27. The molecule has 100 valence electrons. The van der Waals surface area contributed by atoms with Gasteiger partial charge in [0.25, 0.3) is 0 Å². The van der Waals surface area contributed by atoms with Crippen molar-refractivity contribution in [1.29, 1.82) is 0 Å². The van der Waals surface area contributed by atoms with Crippen LogP contribution in [0.15, 0.2) is 18.2 Å². The summed E-state index contributed by atoms with van der Waals surface area (Å²) in [6, 6.07) is 5.11. The second kappa shape index (κ2) is 6.40. The van der Waals surface area contributed by atoms with Crippen molar-refractivity contribution in [2.24, 2.45) is 17.6 Å². The van der Waals surface area contributed by atoms with E-state index in [1.807, 2.05) is 13.0 Å². The number of carboxylic acids is 1. The summed E-state index contributed by atoms with van der Waals surface area (Å²) in [5.74, 6) is 0.0521. The number of rotatable bonds is 6.